The Labute approximate surface area is 187 Å². The van der Waals surface area contributed by atoms with E-state index in [1.54, 1.807) is 0 Å². The van der Waals surface area contributed by atoms with Crippen molar-refractivity contribution in [2.24, 2.45) is 18.9 Å². The summed E-state index contributed by atoms with van der Waals surface area (Å²) in [5.74, 6) is 1.68. The van der Waals surface area contributed by atoms with Gasteiger partial charge in [0, 0.05) is 35.5 Å². The van der Waals surface area contributed by atoms with E-state index in [0.717, 1.165) is 38.5 Å². The summed E-state index contributed by atoms with van der Waals surface area (Å²) in [6, 6.07) is 20.0. The van der Waals surface area contributed by atoms with E-state index in [-0.39, 0.29) is 11.8 Å². The number of hydrogen-bond donors (Lipinski definition) is 0. The molecule has 0 amide bonds. The van der Waals surface area contributed by atoms with Gasteiger partial charge in [0.1, 0.15) is 5.78 Å². The molecule has 0 aliphatic heterocycles. The zero-order valence-corrected chi connectivity index (χ0v) is 19.4. The third-order valence-electron chi connectivity index (χ3n) is 7.51. The maximum atomic E-state index is 13.1. The summed E-state index contributed by atoms with van der Waals surface area (Å²) in [6.07, 6.45) is 8.81. The van der Waals surface area contributed by atoms with Crippen LogP contribution in [-0.4, -0.2) is 10.4 Å². The average molecular weight is 416 g/mol. The topological polar surface area (TPSA) is 22.0 Å². The highest BCUT2D eigenvalue weighted by Gasteiger charge is 2.28. The molecule has 31 heavy (non-hydrogen) atoms. The number of aromatic nitrogens is 1. The highest BCUT2D eigenvalue weighted by Crippen LogP contribution is 2.37. The number of fused-ring (bicyclic) bond motifs is 1. The van der Waals surface area contributed by atoms with E-state index in [2.05, 4.69) is 80.1 Å². The van der Waals surface area contributed by atoms with Gasteiger partial charge in [0.05, 0.1) is 0 Å². The van der Waals surface area contributed by atoms with Gasteiger partial charge in [-0.05, 0) is 73.8 Å². The fourth-order valence-corrected chi connectivity index (χ4v) is 5.67. The molecule has 1 fully saturated rings. The smallest absolute Gasteiger partial charge is 0.139 e. The first-order valence-electron chi connectivity index (χ1n) is 12.3. The number of aryl methyl sites for hydroxylation is 1. The molecule has 3 aromatic rings. The monoisotopic (exact) mass is 415 g/mol. The van der Waals surface area contributed by atoms with E-state index < -0.39 is 0 Å². The van der Waals surface area contributed by atoms with E-state index in [9.17, 15) is 4.79 Å². The van der Waals surface area contributed by atoms with Crippen LogP contribution in [-0.2, 0) is 11.8 Å². The predicted octanol–water partition coefficient (Wildman–Crippen LogP) is 7.90. The number of carbonyl (C=O) groups excluding carboxylic acids is 1. The average Bonchev–Trinajstić information content (AvgIpc) is 2.97. The largest absolute Gasteiger partial charge is 0.344 e. The highest BCUT2D eigenvalue weighted by molar-refractivity contribution is 5.87. The van der Waals surface area contributed by atoms with Crippen LogP contribution in [0.4, 0.5) is 0 Å². The van der Waals surface area contributed by atoms with Gasteiger partial charge in [-0.25, -0.2) is 0 Å². The van der Waals surface area contributed by atoms with E-state index in [1.165, 1.54) is 40.6 Å². The molecular formula is C29H37NO. The lowest BCUT2D eigenvalue weighted by molar-refractivity contribution is -0.127. The Morgan fingerprint density at radius 2 is 1.84 bits per heavy atom. The fourth-order valence-electron chi connectivity index (χ4n) is 5.67. The molecule has 1 aliphatic rings. The number of ketones is 1. The SMILES string of the molecule is CCCC(CC)C(=O)C1CCCC(c2cccc(-c3cc4ccccc4n3C)c2)CC1. The standard InChI is InChI=1S/C29H37NO/c1-4-10-21(5-2)29(31)23-13-8-12-22(17-18-23)24-14-9-15-25(19-24)28-20-26-11-6-7-16-27(26)30(28)3/h6-7,9,11,14-16,19-23H,4-5,8,10,12-13,17-18H2,1-3H3. The minimum absolute atomic E-state index is 0.279. The van der Waals surface area contributed by atoms with E-state index in [4.69, 9.17) is 0 Å². The van der Waals surface area contributed by atoms with Crippen LogP contribution in [0.2, 0.25) is 0 Å². The van der Waals surface area contributed by atoms with Crippen molar-refractivity contribution < 1.29 is 4.79 Å². The van der Waals surface area contributed by atoms with Crippen molar-refractivity contribution in [2.75, 3.05) is 0 Å². The van der Waals surface area contributed by atoms with Crippen LogP contribution in [0.1, 0.15) is 76.7 Å². The second-order valence-electron chi connectivity index (χ2n) is 9.47. The molecule has 4 rings (SSSR count). The van der Waals surface area contributed by atoms with Gasteiger partial charge in [-0.15, -0.1) is 0 Å². The van der Waals surface area contributed by atoms with E-state index in [1.807, 2.05) is 0 Å². The second-order valence-corrected chi connectivity index (χ2v) is 9.47. The second kappa shape index (κ2) is 9.85. The van der Waals surface area contributed by atoms with Gasteiger partial charge in [-0.2, -0.15) is 0 Å². The summed E-state index contributed by atoms with van der Waals surface area (Å²) in [5.41, 5.74) is 5.28. The Morgan fingerprint density at radius 1 is 1.00 bits per heavy atom. The van der Waals surface area contributed by atoms with Gasteiger partial charge >= 0.3 is 0 Å². The van der Waals surface area contributed by atoms with Gasteiger partial charge in [0.2, 0.25) is 0 Å². The van der Waals surface area contributed by atoms with Crippen molar-refractivity contribution >= 4 is 16.7 Å². The molecule has 0 bridgehead atoms. The summed E-state index contributed by atoms with van der Waals surface area (Å²) in [7, 11) is 2.16. The molecule has 3 unspecified atom stereocenters. The molecule has 1 aliphatic carbocycles. The normalized spacial score (nSPS) is 20.5. The Kier molecular flexibility index (Phi) is 6.95. The van der Waals surface area contributed by atoms with Crippen molar-refractivity contribution in [3.05, 3.63) is 60.2 Å². The first kappa shape index (κ1) is 21.9. The molecule has 0 saturated heterocycles. The maximum Gasteiger partial charge on any atom is 0.139 e. The molecule has 164 valence electrons. The summed E-state index contributed by atoms with van der Waals surface area (Å²) >= 11 is 0. The number of para-hydroxylation sites is 1. The van der Waals surface area contributed by atoms with Gasteiger partial charge in [0.25, 0.3) is 0 Å². The fraction of sp³-hybridized carbons (Fsp3) is 0.483. The molecule has 1 aromatic heterocycles. The molecular weight excluding hydrogens is 378 g/mol. The van der Waals surface area contributed by atoms with Crippen molar-refractivity contribution in [3.63, 3.8) is 0 Å². The van der Waals surface area contributed by atoms with E-state index >= 15 is 0 Å². The molecule has 2 heteroatoms. The quantitative estimate of drug-likeness (QED) is 0.359. The van der Waals surface area contributed by atoms with Gasteiger partial charge in [0.15, 0.2) is 0 Å². The minimum Gasteiger partial charge on any atom is -0.344 e. The molecule has 2 aromatic carbocycles. The number of hydrogen-bond acceptors (Lipinski definition) is 1. The van der Waals surface area contributed by atoms with Crippen molar-refractivity contribution in [1.29, 1.82) is 0 Å². The molecule has 0 radical (unpaired) electrons. The van der Waals surface area contributed by atoms with E-state index in [0.29, 0.717) is 11.7 Å². The molecule has 2 nitrogen and oxygen atoms in total. The molecule has 0 spiro atoms. The van der Waals surface area contributed by atoms with Crippen molar-refractivity contribution in [1.82, 2.24) is 4.57 Å². The van der Waals surface area contributed by atoms with Gasteiger partial charge in [-0.3, -0.25) is 4.79 Å². The lowest BCUT2D eigenvalue weighted by Gasteiger charge is -2.20. The molecule has 0 N–H and O–H groups in total. The summed E-state index contributed by atoms with van der Waals surface area (Å²) < 4.78 is 2.30. The lowest BCUT2D eigenvalue weighted by Crippen LogP contribution is -2.23. The Morgan fingerprint density at radius 3 is 2.61 bits per heavy atom. The summed E-state index contributed by atoms with van der Waals surface area (Å²) in [4.78, 5) is 13.1. The molecule has 3 atom stereocenters. The number of carbonyl (C=O) groups is 1. The van der Waals surface area contributed by atoms with Crippen LogP contribution in [0.25, 0.3) is 22.2 Å². The Balaban J connectivity index is 1.52. The number of rotatable bonds is 7. The summed E-state index contributed by atoms with van der Waals surface area (Å²) in [6.45, 7) is 4.37. The first-order valence-corrected chi connectivity index (χ1v) is 12.3. The minimum atomic E-state index is 0.279. The number of Topliss-reactive ketones (excluding diaryl/α,β-unsaturated/α-hetero) is 1. The van der Waals surface area contributed by atoms with Gasteiger partial charge in [-0.1, -0.05) is 63.1 Å². The Bertz CT molecular complexity index is 1030. The number of benzene rings is 2. The predicted molar refractivity (Wildman–Crippen MR) is 131 cm³/mol. The zero-order valence-electron chi connectivity index (χ0n) is 19.4. The van der Waals surface area contributed by atoms with Crippen LogP contribution in [0, 0.1) is 11.8 Å². The first-order chi connectivity index (χ1) is 15.1. The van der Waals surface area contributed by atoms with Crippen molar-refractivity contribution in [2.45, 2.75) is 71.1 Å². The third kappa shape index (κ3) is 4.63. The highest BCUT2D eigenvalue weighted by atomic mass is 16.1. The van der Waals surface area contributed by atoms with Crippen LogP contribution in [0.15, 0.2) is 54.6 Å². The maximum absolute atomic E-state index is 13.1. The van der Waals surface area contributed by atoms with Gasteiger partial charge < -0.3 is 4.57 Å². The molecule has 1 heterocycles. The van der Waals surface area contributed by atoms with Crippen LogP contribution >= 0.6 is 0 Å². The lowest BCUT2D eigenvalue weighted by atomic mass is 9.83. The van der Waals surface area contributed by atoms with Crippen LogP contribution in [0.5, 0.6) is 0 Å². The Hall–Kier alpha value is -2.35. The molecule has 1 saturated carbocycles. The van der Waals surface area contributed by atoms with Crippen LogP contribution in [0.3, 0.4) is 0 Å². The third-order valence-corrected chi connectivity index (χ3v) is 7.51. The zero-order chi connectivity index (χ0) is 21.8. The van der Waals surface area contributed by atoms with Crippen LogP contribution < -0.4 is 0 Å². The summed E-state index contributed by atoms with van der Waals surface area (Å²) in [5, 5.41) is 1.29. The van der Waals surface area contributed by atoms with Crippen molar-refractivity contribution in [3.8, 4) is 11.3 Å². The number of nitrogens with zero attached hydrogens (tertiary/aromatic N) is 1.